The Morgan fingerprint density at radius 2 is 0.886 bits per heavy atom. The Labute approximate surface area is 259 Å². The fraction of sp³-hybridized carbons (Fsp3) is 0.389. The fourth-order valence-electron chi connectivity index (χ4n) is 6.25. The second-order valence-electron chi connectivity index (χ2n) is 11.4. The van der Waals surface area contributed by atoms with Crippen LogP contribution in [0.3, 0.4) is 0 Å². The van der Waals surface area contributed by atoms with Crippen LogP contribution in [0, 0.1) is 0 Å². The van der Waals surface area contributed by atoms with E-state index in [2.05, 4.69) is 39.8 Å². The summed E-state index contributed by atoms with van der Waals surface area (Å²) < 4.78 is 9.89. The van der Waals surface area contributed by atoms with Gasteiger partial charge >= 0.3 is 11.9 Å². The minimum absolute atomic E-state index is 0.238. The number of allylic oxidation sites excluding steroid dienone is 12. The average molecular weight is 593 g/mol. The molecule has 0 N–H and O–H groups in total. The van der Waals surface area contributed by atoms with Gasteiger partial charge in [0.15, 0.2) is 0 Å². The molecule has 0 saturated carbocycles. The molecule has 0 fully saturated rings. The molecule has 5 heterocycles. The lowest BCUT2D eigenvalue weighted by atomic mass is 9.96. The standard InChI is InChI=1S/C36H40N4O4/c1-9-23-19(3)27-15-28-21(5)25(11-13-35(41)43-7)33(39-28)18-34-26(12-14-36(42)44-8)22(6)30(40-34)17-32-24(10-2)20(4)29(38-32)16-31(23)37-27/h15-18H,9-14H2,1-8H3. The van der Waals surface area contributed by atoms with Gasteiger partial charge in [-0.2, -0.15) is 0 Å². The molecule has 0 spiro atoms. The van der Waals surface area contributed by atoms with Crippen LogP contribution in [0.25, 0.3) is 0 Å². The summed E-state index contributed by atoms with van der Waals surface area (Å²) in [6.07, 6.45) is 11.3. The van der Waals surface area contributed by atoms with Crippen LogP contribution < -0.4 is 0 Å². The highest BCUT2D eigenvalue weighted by Crippen LogP contribution is 2.38. The molecule has 8 heteroatoms. The Hall–Kier alpha value is -4.46. The van der Waals surface area contributed by atoms with E-state index in [-0.39, 0.29) is 24.8 Å². The quantitative estimate of drug-likeness (QED) is 0.275. The second-order valence-corrected chi connectivity index (χ2v) is 11.4. The van der Waals surface area contributed by atoms with Gasteiger partial charge < -0.3 is 9.47 Å². The van der Waals surface area contributed by atoms with Gasteiger partial charge in [-0.25, -0.2) is 20.0 Å². The smallest absolute Gasteiger partial charge is 0.305 e. The Morgan fingerprint density at radius 1 is 0.523 bits per heavy atom. The normalized spacial score (nSPS) is 19.5. The molecule has 8 nitrogen and oxygen atoms in total. The Bertz CT molecular complexity index is 1740. The first-order chi connectivity index (χ1) is 21.1. The lowest BCUT2D eigenvalue weighted by Crippen LogP contribution is -2.05. The second kappa shape index (κ2) is 12.6. The molecule has 0 unspecified atom stereocenters. The van der Waals surface area contributed by atoms with Gasteiger partial charge in [0.2, 0.25) is 0 Å². The molecule has 0 saturated heterocycles. The summed E-state index contributed by atoms with van der Waals surface area (Å²) in [5.74, 6) is -0.550. The predicted molar refractivity (Wildman–Crippen MR) is 176 cm³/mol. The number of aliphatic imine (C=N–C) groups is 4. The number of carbonyl (C=O) groups is 2. The number of rotatable bonds is 8. The van der Waals surface area contributed by atoms with Gasteiger partial charge in [-0.05, 0) is 122 Å². The first-order valence-corrected chi connectivity index (χ1v) is 15.3. The van der Waals surface area contributed by atoms with Gasteiger partial charge in [-0.1, -0.05) is 13.8 Å². The van der Waals surface area contributed by atoms with E-state index in [1.807, 2.05) is 26.0 Å². The van der Waals surface area contributed by atoms with E-state index >= 15 is 0 Å². The van der Waals surface area contributed by atoms with Crippen molar-refractivity contribution in [1.29, 1.82) is 0 Å². The lowest BCUT2D eigenvalue weighted by molar-refractivity contribution is -0.141. The third kappa shape index (κ3) is 5.73. The molecule has 228 valence electrons. The van der Waals surface area contributed by atoms with Crippen LogP contribution in [0.15, 0.2) is 112 Å². The van der Waals surface area contributed by atoms with Gasteiger partial charge in [-0.15, -0.1) is 0 Å². The van der Waals surface area contributed by atoms with Gasteiger partial charge in [0.05, 0.1) is 59.9 Å². The van der Waals surface area contributed by atoms with E-state index in [4.69, 9.17) is 29.4 Å². The first-order valence-electron chi connectivity index (χ1n) is 15.3. The molecule has 5 aliphatic rings. The zero-order valence-electron chi connectivity index (χ0n) is 27.0. The maximum atomic E-state index is 12.2. The summed E-state index contributed by atoms with van der Waals surface area (Å²) in [6.45, 7) is 12.6. The van der Waals surface area contributed by atoms with Crippen molar-refractivity contribution in [2.45, 2.75) is 80.1 Å². The van der Waals surface area contributed by atoms with Gasteiger partial charge in [-0.3, -0.25) is 9.59 Å². The molecular formula is C36H40N4O4. The number of nitrogens with zero attached hydrogens (tertiary/aromatic N) is 4. The predicted octanol–water partition coefficient (Wildman–Crippen LogP) is 7.35. The van der Waals surface area contributed by atoms with Crippen molar-refractivity contribution in [2.24, 2.45) is 20.0 Å². The maximum absolute atomic E-state index is 12.2. The number of hydrogen-bond donors (Lipinski definition) is 0. The van der Waals surface area contributed by atoms with E-state index in [9.17, 15) is 9.59 Å². The van der Waals surface area contributed by atoms with Crippen LogP contribution >= 0.6 is 0 Å². The molecule has 0 radical (unpaired) electrons. The van der Waals surface area contributed by atoms with Gasteiger partial charge in [0, 0.05) is 12.8 Å². The third-order valence-electron chi connectivity index (χ3n) is 8.96. The molecule has 0 amide bonds. The van der Waals surface area contributed by atoms with Crippen LogP contribution in [0.4, 0.5) is 0 Å². The van der Waals surface area contributed by atoms with Crippen LogP contribution in [0.1, 0.15) is 80.1 Å². The van der Waals surface area contributed by atoms with E-state index in [0.29, 0.717) is 12.8 Å². The Kier molecular flexibility index (Phi) is 8.90. The van der Waals surface area contributed by atoms with Crippen molar-refractivity contribution in [3.63, 3.8) is 0 Å². The molecule has 44 heavy (non-hydrogen) atoms. The molecule has 0 aromatic heterocycles. The Balaban J connectivity index is 1.75. The monoisotopic (exact) mass is 592 g/mol. The SMILES string of the molecule is CCC1=C(C)C2=CC3=NC(=CC4=NC(=CC5=NC(=CC1=N2)C(C)=C5CC)C(C)=C4CCC(=O)OC)C(CCC(=O)OC)=C3C. The number of esters is 2. The van der Waals surface area contributed by atoms with Gasteiger partial charge in [0.25, 0.3) is 0 Å². The van der Waals surface area contributed by atoms with E-state index in [1.54, 1.807) is 0 Å². The summed E-state index contributed by atoms with van der Waals surface area (Å²) in [7, 11) is 2.80. The number of fused-ring (bicyclic) bond motifs is 4. The summed E-state index contributed by atoms with van der Waals surface area (Å²) in [5.41, 5.74) is 15.3. The molecule has 0 atom stereocenters. The first kappa shape index (κ1) is 31.0. The number of ether oxygens (including phenoxy) is 2. The highest BCUT2D eigenvalue weighted by molar-refractivity contribution is 6.20. The Morgan fingerprint density at radius 3 is 1.34 bits per heavy atom. The summed E-state index contributed by atoms with van der Waals surface area (Å²) in [5, 5.41) is 0. The fourth-order valence-corrected chi connectivity index (χ4v) is 6.25. The van der Waals surface area contributed by atoms with Crippen LogP contribution in [0.2, 0.25) is 0 Å². The number of carbonyl (C=O) groups excluding carboxylic acids is 2. The summed E-state index contributed by atoms with van der Waals surface area (Å²) >= 11 is 0. The molecule has 0 aromatic rings. The zero-order valence-corrected chi connectivity index (χ0v) is 27.0. The van der Waals surface area contributed by atoms with Crippen molar-refractivity contribution in [2.75, 3.05) is 14.2 Å². The summed E-state index contributed by atoms with van der Waals surface area (Å²) in [4.78, 5) is 44.6. The molecule has 5 rings (SSSR count). The largest absolute Gasteiger partial charge is 0.469 e. The number of hydrogen-bond acceptors (Lipinski definition) is 8. The van der Waals surface area contributed by atoms with E-state index in [0.717, 1.165) is 91.9 Å². The van der Waals surface area contributed by atoms with Crippen LogP contribution in [-0.2, 0) is 19.1 Å². The van der Waals surface area contributed by atoms with Crippen molar-refractivity contribution in [3.05, 3.63) is 91.7 Å². The van der Waals surface area contributed by atoms with Crippen molar-refractivity contribution in [3.8, 4) is 0 Å². The van der Waals surface area contributed by atoms with Crippen molar-refractivity contribution < 1.29 is 19.1 Å². The highest BCUT2D eigenvalue weighted by Gasteiger charge is 2.29. The third-order valence-corrected chi connectivity index (χ3v) is 8.96. The minimum Gasteiger partial charge on any atom is -0.469 e. The van der Waals surface area contributed by atoms with E-state index in [1.165, 1.54) is 25.4 Å². The molecule has 8 bridgehead atoms. The topological polar surface area (TPSA) is 102 Å². The van der Waals surface area contributed by atoms with Crippen molar-refractivity contribution >= 4 is 34.8 Å². The molecule has 0 aromatic carbocycles. The molecule has 5 aliphatic heterocycles. The average Bonchev–Trinajstić information content (AvgIpc) is 3.67. The van der Waals surface area contributed by atoms with E-state index < -0.39 is 0 Å². The zero-order chi connectivity index (χ0) is 31.7. The number of methoxy groups -OCH3 is 2. The van der Waals surface area contributed by atoms with Gasteiger partial charge in [0.1, 0.15) is 0 Å². The van der Waals surface area contributed by atoms with Crippen LogP contribution in [-0.4, -0.2) is 49.0 Å². The highest BCUT2D eigenvalue weighted by atomic mass is 16.5. The minimum atomic E-state index is -0.275. The van der Waals surface area contributed by atoms with Crippen molar-refractivity contribution in [1.82, 2.24) is 0 Å². The lowest BCUT2D eigenvalue weighted by Gasteiger charge is -2.08. The molecular weight excluding hydrogens is 552 g/mol. The van der Waals surface area contributed by atoms with Crippen LogP contribution in [0.5, 0.6) is 0 Å². The summed E-state index contributed by atoms with van der Waals surface area (Å²) in [6, 6.07) is 0. The molecule has 0 aliphatic carbocycles. The maximum Gasteiger partial charge on any atom is 0.305 e.